The monoisotopic (exact) mass is 287 g/mol. The lowest BCUT2D eigenvalue weighted by Gasteiger charge is -2.28. The number of hydrogen-bond donors (Lipinski definition) is 1. The van der Waals surface area contributed by atoms with Crippen LogP contribution in [0.1, 0.15) is 24.8 Å². The second-order valence-electron chi connectivity index (χ2n) is 3.73. The zero-order valence-corrected chi connectivity index (χ0v) is 9.97. The molecule has 1 aromatic carbocycles. The maximum atomic E-state index is 3.57. The molecule has 1 saturated carbocycles. The van der Waals surface area contributed by atoms with Crippen molar-refractivity contribution in [1.29, 1.82) is 0 Å². The van der Waals surface area contributed by atoms with E-state index in [1.165, 1.54) is 34.1 Å². The second-order valence-corrected chi connectivity index (χ2v) is 4.98. The van der Waals surface area contributed by atoms with Crippen molar-refractivity contribution in [3.8, 4) is 0 Å². The van der Waals surface area contributed by atoms with Gasteiger partial charge in [-0.3, -0.25) is 0 Å². The summed E-state index contributed by atoms with van der Waals surface area (Å²) in [7, 11) is 0. The predicted octanol–water partition coefficient (Wildman–Crippen LogP) is 3.56. The summed E-state index contributed by atoms with van der Waals surface area (Å²) in [5.41, 5.74) is 2.67. The summed E-state index contributed by atoms with van der Waals surface area (Å²) < 4.78 is 1.31. The number of halogens is 1. The number of rotatable bonds is 2. The van der Waals surface area contributed by atoms with Gasteiger partial charge in [0.05, 0.1) is 0 Å². The Hall–Kier alpha value is -0.250. The van der Waals surface area contributed by atoms with E-state index < -0.39 is 0 Å². The van der Waals surface area contributed by atoms with E-state index in [1.54, 1.807) is 0 Å². The minimum absolute atomic E-state index is 0.735. The molecule has 2 heteroatoms. The van der Waals surface area contributed by atoms with Crippen molar-refractivity contribution >= 4 is 28.3 Å². The Kier molecular flexibility index (Phi) is 2.77. The van der Waals surface area contributed by atoms with Gasteiger partial charge in [-0.05, 0) is 72.5 Å². The van der Waals surface area contributed by atoms with Crippen LogP contribution in [0, 0.1) is 10.5 Å². The molecular weight excluding hydrogens is 273 g/mol. The van der Waals surface area contributed by atoms with E-state index in [1.807, 2.05) is 0 Å². The van der Waals surface area contributed by atoms with E-state index in [9.17, 15) is 0 Å². The third kappa shape index (κ3) is 2.16. The van der Waals surface area contributed by atoms with Crippen LogP contribution < -0.4 is 5.32 Å². The van der Waals surface area contributed by atoms with Gasteiger partial charge in [0.2, 0.25) is 0 Å². The van der Waals surface area contributed by atoms with E-state index in [2.05, 4.69) is 53.0 Å². The van der Waals surface area contributed by atoms with Crippen LogP contribution in [0.15, 0.2) is 18.2 Å². The Balaban J connectivity index is 2.10. The third-order valence-electron chi connectivity index (χ3n) is 2.65. The Morgan fingerprint density at radius 2 is 2.15 bits per heavy atom. The molecule has 0 spiro atoms. The fraction of sp³-hybridized carbons (Fsp3) is 0.455. The molecular formula is C11H14IN. The fourth-order valence-electron chi connectivity index (χ4n) is 1.56. The van der Waals surface area contributed by atoms with Gasteiger partial charge in [-0.1, -0.05) is 0 Å². The first-order chi connectivity index (χ1) is 6.25. The maximum absolute atomic E-state index is 3.57. The lowest BCUT2D eigenvalue weighted by molar-refractivity contribution is 0.445. The summed E-state index contributed by atoms with van der Waals surface area (Å²) in [5.74, 6) is 0. The van der Waals surface area contributed by atoms with Gasteiger partial charge in [0, 0.05) is 15.3 Å². The predicted molar refractivity (Wildman–Crippen MR) is 65.2 cm³/mol. The number of aryl methyl sites for hydroxylation is 1. The van der Waals surface area contributed by atoms with Crippen LogP contribution in [-0.2, 0) is 0 Å². The van der Waals surface area contributed by atoms with Gasteiger partial charge in [0.25, 0.3) is 0 Å². The third-order valence-corrected chi connectivity index (χ3v) is 3.32. The van der Waals surface area contributed by atoms with Crippen LogP contribution in [0.5, 0.6) is 0 Å². The molecule has 0 amide bonds. The van der Waals surface area contributed by atoms with Crippen LogP contribution in [0.4, 0.5) is 5.69 Å². The molecule has 1 nitrogen and oxygen atoms in total. The molecule has 0 heterocycles. The summed E-state index contributed by atoms with van der Waals surface area (Å²) in [6.45, 7) is 2.17. The van der Waals surface area contributed by atoms with Crippen molar-refractivity contribution in [3.05, 3.63) is 27.3 Å². The van der Waals surface area contributed by atoms with Gasteiger partial charge in [-0.25, -0.2) is 0 Å². The highest BCUT2D eigenvalue weighted by atomic mass is 127. The smallest absolute Gasteiger partial charge is 0.0372 e. The number of benzene rings is 1. The van der Waals surface area contributed by atoms with Crippen molar-refractivity contribution in [2.24, 2.45) is 0 Å². The van der Waals surface area contributed by atoms with Gasteiger partial charge in [0.1, 0.15) is 0 Å². The highest BCUT2D eigenvalue weighted by Crippen LogP contribution is 2.25. The second kappa shape index (κ2) is 3.86. The lowest BCUT2D eigenvalue weighted by Crippen LogP contribution is -2.27. The number of nitrogens with one attached hydrogen (secondary N) is 1. The summed E-state index contributed by atoms with van der Waals surface area (Å²) in [6.07, 6.45) is 4.07. The van der Waals surface area contributed by atoms with Crippen LogP contribution in [0.3, 0.4) is 0 Å². The molecule has 1 N–H and O–H groups in total. The molecule has 0 bridgehead atoms. The summed E-state index contributed by atoms with van der Waals surface area (Å²) >= 11 is 2.35. The fourth-order valence-corrected chi connectivity index (χ4v) is 2.21. The minimum atomic E-state index is 0.735. The van der Waals surface area contributed by atoms with Gasteiger partial charge in [-0.2, -0.15) is 0 Å². The first-order valence-corrected chi connectivity index (χ1v) is 5.86. The minimum Gasteiger partial charge on any atom is -0.382 e. The van der Waals surface area contributed by atoms with Gasteiger partial charge >= 0.3 is 0 Å². The van der Waals surface area contributed by atoms with Crippen molar-refractivity contribution < 1.29 is 0 Å². The first-order valence-electron chi connectivity index (χ1n) is 4.78. The average Bonchev–Trinajstić information content (AvgIpc) is 1.99. The Morgan fingerprint density at radius 1 is 1.38 bits per heavy atom. The highest BCUT2D eigenvalue weighted by Gasteiger charge is 2.17. The zero-order valence-electron chi connectivity index (χ0n) is 7.81. The summed E-state index contributed by atoms with van der Waals surface area (Å²) in [6, 6.07) is 7.31. The van der Waals surface area contributed by atoms with Gasteiger partial charge < -0.3 is 5.32 Å². The molecule has 0 aliphatic heterocycles. The lowest BCUT2D eigenvalue weighted by atomic mass is 9.93. The summed E-state index contributed by atoms with van der Waals surface area (Å²) in [5, 5.41) is 3.57. The quantitative estimate of drug-likeness (QED) is 0.820. The largest absolute Gasteiger partial charge is 0.382 e. The van der Waals surface area contributed by atoms with Crippen LogP contribution in [-0.4, -0.2) is 6.04 Å². The molecule has 0 saturated heterocycles. The number of anilines is 1. The average molecular weight is 287 g/mol. The van der Waals surface area contributed by atoms with E-state index in [4.69, 9.17) is 0 Å². The molecule has 0 unspecified atom stereocenters. The molecule has 1 aliphatic carbocycles. The van der Waals surface area contributed by atoms with E-state index >= 15 is 0 Å². The molecule has 1 aliphatic rings. The Morgan fingerprint density at radius 3 is 2.69 bits per heavy atom. The van der Waals surface area contributed by atoms with E-state index in [0.29, 0.717) is 0 Å². The normalized spacial score (nSPS) is 16.8. The Bertz CT molecular complexity index is 305. The first kappa shape index (κ1) is 9.31. The van der Waals surface area contributed by atoms with E-state index in [-0.39, 0.29) is 0 Å². The maximum Gasteiger partial charge on any atom is 0.0372 e. The molecule has 70 valence electrons. The van der Waals surface area contributed by atoms with Crippen molar-refractivity contribution in [1.82, 2.24) is 0 Å². The van der Waals surface area contributed by atoms with Crippen molar-refractivity contribution in [3.63, 3.8) is 0 Å². The Labute approximate surface area is 93.1 Å². The van der Waals surface area contributed by atoms with Crippen LogP contribution >= 0.6 is 22.6 Å². The van der Waals surface area contributed by atoms with E-state index in [0.717, 1.165) is 6.04 Å². The topological polar surface area (TPSA) is 12.0 Å². The summed E-state index contributed by atoms with van der Waals surface area (Å²) in [4.78, 5) is 0. The van der Waals surface area contributed by atoms with Crippen molar-refractivity contribution in [2.75, 3.05) is 5.32 Å². The van der Waals surface area contributed by atoms with Gasteiger partial charge in [-0.15, -0.1) is 0 Å². The zero-order chi connectivity index (χ0) is 9.26. The highest BCUT2D eigenvalue weighted by molar-refractivity contribution is 14.1. The molecule has 2 rings (SSSR count). The molecule has 1 fully saturated rings. The van der Waals surface area contributed by atoms with Crippen LogP contribution in [0.2, 0.25) is 0 Å². The van der Waals surface area contributed by atoms with Crippen LogP contribution in [0.25, 0.3) is 0 Å². The molecule has 1 aromatic rings. The van der Waals surface area contributed by atoms with Gasteiger partial charge in [0.15, 0.2) is 0 Å². The standard InChI is InChI=1S/C11H14IN/c1-8-7-9(12)5-6-11(8)13-10-3-2-4-10/h5-7,10,13H,2-4H2,1H3. The molecule has 0 aromatic heterocycles. The number of hydrogen-bond acceptors (Lipinski definition) is 1. The molecule has 0 radical (unpaired) electrons. The molecule has 0 atom stereocenters. The SMILES string of the molecule is Cc1cc(I)ccc1NC1CCC1. The van der Waals surface area contributed by atoms with Crippen molar-refractivity contribution in [2.45, 2.75) is 32.2 Å². The molecule has 13 heavy (non-hydrogen) atoms.